The van der Waals surface area contributed by atoms with Gasteiger partial charge in [0, 0.05) is 31.1 Å². The number of hydrogen-bond donors (Lipinski definition) is 2. The number of halogens is 1. The van der Waals surface area contributed by atoms with Crippen LogP contribution in [0.15, 0.2) is 36.9 Å². The Kier molecular flexibility index (Phi) is 10.3. The van der Waals surface area contributed by atoms with Crippen LogP contribution in [0.25, 0.3) is 0 Å². The number of nitrogens with zero attached hydrogens (tertiary/aromatic N) is 4. The van der Waals surface area contributed by atoms with Gasteiger partial charge < -0.3 is 20.3 Å². The highest BCUT2D eigenvalue weighted by atomic mass is 35.5. The molecular formula is C30H43ClN6O4. The third-order valence-corrected chi connectivity index (χ3v) is 8.52. The smallest absolute Gasteiger partial charge is 0.408 e. The summed E-state index contributed by atoms with van der Waals surface area (Å²) in [6.07, 6.45) is 11.0. The van der Waals surface area contributed by atoms with Crippen LogP contribution in [-0.2, 0) is 27.3 Å². The van der Waals surface area contributed by atoms with Crippen LogP contribution in [0.1, 0.15) is 71.3 Å². The van der Waals surface area contributed by atoms with E-state index in [0.717, 1.165) is 24.9 Å². The number of ether oxygens (including phenoxy) is 1. The molecule has 1 aliphatic carbocycles. The molecule has 4 rings (SSSR count). The number of amides is 3. The number of likely N-dealkylation sites (tertiary alicyclic amines) is 1. The molecule has 11 heteroatoms. The second-order valence-electron chi connectivity index (χ2n) is 12.4. The molecule has 41 heavy (non-hydrogen) atoms. The van der Waals surface area contributed by atoms with Crippen LogP contribution in [0.3, 0.4) is 0 Å². The highest BCUT2D eigenvalue weighted by Crippen LogP contribution is 2.47. The standard InChI is InChI=1S/C30H43ClN6O4/c1-29(2,3)41-28(40)33-18-26(38)35-25(17-22-9-11-24(31)12-10-22)27(39)36-15-13-30(14-16-36,19-37-21-32-20-34-37)23-7-5-4-6-8-23/h9-12,20-21,23,25H,4-8,13-19H2,1-3H3,(H,33,40)(H,35,38). The van der Waals surface area contributed by atoms with Crippen molar-refractivity contribution in [3.8, 4) is 0 Å². The van der Waals surface area contributed by atoms with Crippen LogP contribution in [0.2, 0.25) is 5.02 Å². The van der Waals surface area contributed by atoms with Gasteiger partial charge in [-0.05, 0) is 75.5 Å². The molecule has 1 atom stereocenters. The maximum atomic E-state index is 13.9. The Morgan fingerprint density at radius 3 is 2.39 bits per heavy atom. The van der Waals surface area contributed by atoms with Gasteiger partial charge >= 0.3 is 6.09 Å². The van der Waals surface area contributed by atoms with Gasteiger partial charge in [-0.1, -0.05) is 43.0 Å². The molecule has 1 aliphatic heterocycles. The topological polar surface area (TPSA) is 118 Å². The molecule has 1 aromatic heterocycles. The minimum Gasteiger partial charge on any atom is -0.444 e. The van der Waals surface area contributed by atoms with Crippen LogP contribution < -0.4 is 10.6 Å². The predicted molar refractivity (Wildman–Crippen MR) is 156 cm³/mol. The molecule has 2 aliphatic rings. The first-order valence-corrected chi connectivity index (χ1v) is 15.0. The molecule has 0 bridgehead atoms. The molecule has 224 valence electrons. The average Bonchev–Trinajstić information content (AvgIpc) is 3.45. The maximum Gasteiger partial charge on any atom is 0.408 e. The summed E-state index contributed by atoms with van der Waals surface area (Å²) in [5.41, 5.74) is 0.271. The van der Waals surface area contributed by atoms with Gasteiger partial charge in [-0.3, -0.25) is 14.3 Å². The second kappa shape index (κ2) is 13.7. The summed E-state index contributed by atoms with van der Waals surface area (Å²) in [5, 5.41) is 10.3. The lowest BCUT2D eigenvalue weighted by molar-refractivity contribution is -0.139. The largest absolute Gasteiger partial charge is 0.444 e. The van der Waals surface area contributed by atoms with Crippen molar-refractivity contribution in [1.29, 1.82) is 0 Å². The van der Waals surface area contributed by atoms with Crippen LogP contribution in [0, 0.1) is 11.3 Å². The van der Waals surface area contributed by atoms with Gasteiger partial charge in [-0.15, -0.1) is 0 Å². The second-order valence-corrected chi connectivity index (χ2v) is 12.9. The molecule has 1 aromatic carbocycles. The summed E-state index contributed by atoms with van der Waals surface area (Å²) in [5.74, 6) is 0.0210. The number of rotatable bonds is 9. The Labute approximate surface area is 247 Å². The first-order valence-electron chi connectivity index (χ1n) is 14.6. The van der Waals surface area contributed by atoms with Crippen molar-refractivity contribution in [2.45, 2.75) is 90.3 Å². The van der Waals surface area contributed by atoms with E-state index in [0.29, 0.717) is 30.5 Å². The van der Waals surface area contributed by atoms with Crippen molar-refractivity contribution in [3.63, 3.8) is 0 Å². The molecule has 1 saturated carbocycles. The van der Waals surface area contributed by atoms with Gasteiger partial charge in [0.05, 0.1) is 0 Å². The number of aromatic nitrogens is 3. The number of benzene rings is 1. The Hall–Kier alpha value is -3.14. The number of piperidine rings is 1. The molecule has 1 unspecified atom stereocenters. The van der Waals surface area contributed by atoms with E-state index in [1.165, 1.54) is 32.1 Å². The molecule has 2 fully saturated rings. The first-order chi connectivity index (χ1) is 19.5. The lowest BCUT2D eigenvalue weighted by atomic mass is 9.63. The van der Waals surface area contributed by atoms with Crippen LogP contribution >= 0.6 is 11.6 Å². The monoisotopic (exact) mass is 586 g/mol. The third kappa shape index (κ3) is 8.92. The van der Waals surface area contributed by atoms with Gasteiger partial charge in [0.1, 0.15) is 30.8 Å². The zero-order valence-corrected chi connectivity index (χ0v) is 25.2. The average molecular weight is 587 g/mol. The van der Waals surface area contributed by atoms with Crippen molar-refractivity contribution < 1.29 is 19.1 Å². The molecule has 2 N–H and O–H groups in total. The van der Waals surface area contributed by atoms with E-state index in [1.54, 1.807) is 45.6 Å². The van der Waals surface area contributed by atoms with Crippen molar-refractivity contribution >= 4 is 29.5 Å². The zero-order valence-electron chi connectivity index (χ0n) is 24.4. The van der Waals surface area contributed by atoms with Crippen LogP contribution in [-0.4, -0.2) is 68.8 Å². The van der Waals surface area contributed by atoms with Crippen molar-refractivity contribution in [2.75, 3.05) is 19.6 Å². The lowest BCUT2D eigenvalue weighted by Gasteiger charge is -2.48. The fraction of sp³-hybridized carbons (Fsp3) is 0.633. The molecule has 3 amide bonds. The lowest BCUT2D eigenvalue weighted by Crippen LogP contribution is -2.55. The summed E-state index contributed by atoms with van der Waals surface area (Å²) >= 11 is 6.07. The Morgan fingerprint density at radius 2 is 1.78 bits per heavy atom. The molecule has 0 spiro atoms. The molecular weight excluding hydrogens is 544 g/mol. The maximum absolute atomic E-state index is 13.9. The number of carbonyl (C=O) groups is 3. The number of alkyl carbamates (subject to hydrolysis) is 1. The summed E-state index contributed by atoms with van der Waals surface area (Å²) in [4.78, 5) is 44.8. The van der Waals surface area contributed by atoms with Gasteiger partial charge in [-0.25, -0.2) is 9.78 Å². The Bertz CT molecular complexity index is 1150. The molecule has 2 heterocycles. The number of hydrogen-bond acceptors (Lipinski definition) is 6. The van der Waals surface area contributed by atoms with Gasteiger partial charge in [-0.2, -0.15) is 5.10 Å². The summed E-state index contributed by atoms with van der Waals surface area (Å²) in [6.45, 7) is 7.01. The minimum atomic E-state index is -0.776. The predicted octanol–water partition coefficient (Wildman–Crippen LogP) is 4.37. The van der Waals surface area contributed by atoms with E-state index in [9.17, 15) is 14.4 Å². The molecule has 10 nitrogen and oxygen atoms in total. The van der Waals surface area contributed by atoms with Crippen molar-refractivity contribution in [2.24, 2.45) is 11.3 Å². The minimum absolute atomic E-state index is 0.0666. The fourth-order valence-corrected chi connectivity index (χ4v) is 6.33. The summed E-state index contributed by atoms with van der Waals surface area (Å²) in [7, 11) is 0. The normalized spacial score (nSPS) is 18.4. The van der Waals surface area contributed by atoms with Gasteiger partial charge in [0.25, 0.3) is 0 Å². The van der Waals surface area contributed by atoms with Gasteiger partial charge in [0.15, 0.2) is 0 Å². The van der Waals surface area contributed by atoms with Crippen LogP contribution in [0.4, 0.5) is 4.79 Å². The number of nitrogens with one attached hydrogen (secondary N) is 2. The zero-order chi connectivity index (χ0) is 29.5. The highest BCUT2D eigenvalue weighted by molar-refractivity contribution is 6.30. The van der Waals surface area contributed by atoms with E-state index in [2.05, 4.69) is 20.7 Å². The first kappa shape index (κ1) is 30.8. The Balaban J connectivity index is 1.43. The SMILES string of the molecule is CC(C)(C)OC(=O)NCC(=O)NC(Cc1ccc(Cl)cc1)C(=O)N1CCC(Cn2cncn2)(C2CCCCC2)CC1. The summed E-state index contributed by atoms with van der Waals surface area (Å²) in [6, 6.07) is 6.48. The van der Waals surface area contributed by atoms with Gasteiger partial charge in [0.2, 0.25) is 11.8 Å². The van der Waals surface area contributed by atoms with E-state index < -0.39 is 23.6 Å². The summed E-state index contributed by atoms with van der Waals surface area (Å²) < 4.78 is 7.16. The van der Waals surface area contributed by atoms with Crippen molar-refractivity contribution in [3.05, 3.63) is 47.5 Å². The van der Waals surface area contributed by atoms with E-state index >= 15 is 0 Å². The van der Waals surface area contributed by atoms with Crippen LogP contribution in [0.5, 0.6) is 0 Å². The van der Waals surface area contributed by atoms with E-state index in [4.69, 9.17) is 16.3 Å². The number of carbonyl (C=O) groups excluding carboxylic acids is 3. The van der Waals surface area contributed by atoms with E-state index in [-0.39, 0.29) is 17.9 Å². The molecule has 1 saturated heterocycles. The molecule has 2 aromatic rings. The fourth-order valence-electron chi connectivity index (χ4n) is 6.21. The quantitative estimate of drug-likeness (QED) is 0.450. The third-order valence-electron chi connectivity index (χ3n) is 8.26. The van der Waals surface area contributed by atoms with E-state index in [1.807, 2.05) is 21.7 Å². The Morgan fingerprint density at radius 1 is 1.10 bits per heavy atom. The highest BCUT2D eigenvalue weighted by Gasteiger charge is 2.43. The van der Waals surface area contributed by atoms with Crippen molar-refractivity contribution in [1.82, 2.24) is 30.3 Å². The molecule has 0 radical (unpaired) electrons.